The molecular weight excluding hydrogens is 233 g/mol. The molecule has 100 valence electrons. The standard InChI is InChI=1S/C14H20FNO2/c1-2-18-12-6-4-8-16(9-12)14-11(10-17)5-3-7-13(14)15/h3,5,7,12,17H,2,4,6,8-10H2,1H3. The fourth-order valence-electron chi connectivity index (χ4n) is 2.55. The lowest BCUT2D eigenvalue weighted by molar-refractivity contribution is 0.0524. The summed E-state index contributed by atoms with van der Waals surface area (Å²) in [5.41, 5.74) is 1.18. The summed E-state index contributed by atoms with van der Waals surface area (Å²) in [5.74, 6) is -0.265. The van der Waals surface area contributed by atoms with Crippen molar-refractivity contribution in [2.75, 3.05) is 24.6 Å². The molecule has 0 radical (unpaired) electrons. The van der Waals surface area contributed by atoms with Crippen molar-refractivity contribution in [2.45, 2.75) is 32.5 Å². The van der Waals surface area contributed by atoms with Crippen LogP contribution in [0.2, 0.25) is 0 Å². The summed E-state index contributed by atoms with van der Waals surface area (Å²) in [4.78, 5) is 1.99. The Morgan fingerprint density at radius 3 is 3.06 bits per heavy atom. The molecule has 1 atom stereocenters. The van der Waals surface area contributed by atoms with Crippen molar-refractivity contribution in [3.63, 3.8) is 0 Å². The van der Waals surface area contributed by atoms with E-state index in [1.54, 1.807) is 12.1 Å². The SMILES string of the molecule is CCOC1CCCN(c2c(F)cccc2CO)C1. The number of ether oxygens (including phenoxy) is 1. The zero-order valence-corrected chi connectivity index (χ0v) is 10.7. The van der Waals surface area contributed by atoms with Gasteiger partial charge in [0.1, 0.15) is 5.82 Å². The molecule has 0 amide bonds. The molecule has 0 bridgehead atoms. The third kappa shape index (κ3) is 2.82. The van der Waals surface area contributed by atoms with Crippen LogP contribution in [0.1, 0.15) is 25.3 Å². The molecule has 0 spiro atoms. The van der Waals surface area contributed by atoms with Crippen LogP contribution in [0.5, 0.6) is 0 Å². The number of rotatable bonds is 4. The van der Waals surface area contributed by atoms with Gasteiger partial charge in [-0.05, 0) is 25.8 Å². The van der Waals surface area contributed by atoms with E-state index in [1.165, 1.54) is 6.07 Å². The van der Waals surface area contributed by atoms with Crippen molar-refractivity contribution in [2.24, 2.45) is 0 Å². The first-order chi connectivity index (χ1) is 8.76. The number of hydrogen-bond acceptors (Lipinski definition) is 3. The molecule has 1 aliphatic rings. The van der Waals surface area contributed by atoms with Crippen LogP contribution in [0, 0.1) is 5.82 Å². The quantitative estimate of drug-likeness (QED) is 0.894. The number of anilines is 1. The number of hydrogen-bond donors (Lipinski definition) is 1. The minimum atomic E-state index is -0.265. The van der Waals surface area contributed by atoms with Gasteiger partial charge in [0, 0.05) is 25.3 Å². The molecule has 0 aromatic heterocycles. The third-order valence-electron chi connectivity index (χ3n) is 3.34. The molecule has 4 heteroatoms. The summed E-state index contributed by atoms with van der Waals surface area (Å²) < 4.78 is 19.6. The van der Waals surface area contributed by atoms with Gasteiger partial charge in [-0.2, -0.15) is 0 Å². The van der Waals surface area contributed by atoms with Gasteiger partial charge < -0.3 is 14.7 Å². The van der Waals surface area contributed by atoms with Crippen LogP contribution in [0.25, 0.3) is 0 Å². The number of halogens is 1. The van der Waals surface area contributed by atoms with Crippen LogP contribution in [-0.4, -0.2) is 30.9 Å². The van der Waals surface area contributed by atoms with Gasteiger partial charge in [-0.3, -0.25) is 0 Å². The average Bonchev–Trinajstić information content (AvgIpc) is 2.39. The summed E-state index contributed by atoms with van der Waals surface area (Å²) in [7, 11) is 0. The monoisotopic (exact) mass is 253 g/mol. The van der Waals surface area contributed by atoms with Crippen LogP contribution in [0.3, 0.4) is 0 Å². The first-order valence-corrected chi connectivity index (χ1v) is 6.51. The van der Waals surface area contributed by atoms with Crippen LogP contribution in [0.15, 0.2) is 18.2 Å². The summed E-state index contributed by atoms with van der Waals surface area (Å²) >= 11 is 0. The molecule has 1 N–H and O–H groups in total. The number of aliphatic hydroxyl groups excluding tert-OH is 1. The second-order valence-electron chi connectivity index (χ2n) is 4.57. The van der Waals surface area contributed by atoms with Gasteiger partial charge in [0.05, 0.1) is 18.4 Å². The van der Waals surface area contributed by atoms with E-state index in [-0.39, 0.29) is 18.5 Å². The number of aliphatic hydroxyl groups is 1. The normalized spacial score (nSPS) is 20.2. The summed E-state index contributed by atoms with van der Waals surface area (Å²) in [6, 6.07) is 4.84. The van der Waals surface area contributed by atoms with Crippen molar-refractivity contribution < 1.29 is 14.2 Å². The Bertz CT molecular complexity index is 395. The highest BCUT2D eigenvalue weighted by Crippen LogP contribution is 2.28. The third-order valence-corrected chi connectivity index (χ3v) is 3.34. The molecule has 18 heavy (non-hydrogen) atoms. The van der Waals surface area contributed by atoms with Gasteiger partial charge in [0.2, 0.25) is 0 Å². The van der Waals surface area contributed by atoms with Gasteiger partial charge in [0.25, 0.3) is 0 Å². The predicted molar refractivity (Wildman–Crippen MR) is 69.2 cm³/mol. The molecular formula is C14H20FNO2. The first-order valence-electron chi connectivity index (χ1n) is 6.51. The van der Waals surface area contributed by atoms with E-state index in [9.17, 15) is 9.50 Å². The van der Waals surface area contributed by atoms with E-state index in [4.69, 9.17) is 4.74 Å². The highest BCUT2D eigenvalue weighted by atomic mass is 19.1. The fourth-order valence-corrected chi connectivity index (χ4v) is 2.55. The highest BCUT2D eigenvalue weighted by Gasteiger charge is 2.23. The lowest BCUT2D eigenvalue weighted by atomic mass is 10.0. The molecule has 0 aliphatic carbocycles. The Labute approximate surface area is 107 Å². The largest absolute Gasteiger partial charge is 0.392 e. The Morgan fingerprint density at radius 1 is 1.50 bits per heavy atom. The first kappa shape index (κ1) is 13.3. The van der Waals surface area contributed by atoms with Crippen molar-refractivity contribution in [3.8, 4) is 0 Å². The van der Waals surface area contributed by atoms with Crippen LogP contribution in [-0.2, 0) is 11.3 Å². The van der Waals surface area contributed by atoms with E-state index in [2.05, 4.69) is 0 Å². The van der Waals surface area contributed by atoms with Gasteiger partial charge in [0.15, 0.2) is 0 Å². The molecule has 1 aromatic carbocycles. The summed E-state index contributed by atoms with van der Waals surface area (Å²) in [5, 5.41) is 9.32. The molecule has 1 heterocycles. The van der Waals surface area contributed by atoms with Crippen molar-refractivity contribution in [1.82, 2.24) is 0 Å². The molecule has 1 aromatic rings. The second-order valence-corrected chi connectivity index (χ2v) is 4.57. The Balaban J connectivity index is 2.20. The van der Waals surface area contributed by atoms with Crippen LogP contribution >= 0.6 is 0 Å². The van der Waals surface area contributed by atoms with E-state index in [0.29, 0.717) is 24.4 Å². The molecule has 0 saturated carbocycles. The van der Waals surface area contributed by atoms with E-state index < -0.39 is 0 Å². The number of piperidine rings is 1. The lowest BCUT2D eigenvalue weighted by Crippen LogP contribution is -2.40. The number of nitrogens with zero attached hydrogens (tertiary/aromatic N) is 1. The lowest BCUT2D eigenvalue weighted by Gasteiger charge is -2.35. The summed E-state index contributed by atoms with van der Waals surface area (Å²) in [6.45, 7) is 4.03. The van der Waals surface area contributed by atoms with Crippen molar-refractivity contribution in [3.05, 3.63) is 29.6 Å². The van der Waals surface area contributed by atoms with Crippen molar-refractivity contribution in [1.29, 1.82) is 0 Å². The Hall–Kier alpha value is -1.13. The topological polar surface area (TPSA) is 32.7 Å². The maximum absolute atomic E-state index is 13.9. The van der Waals surface area contributed by atoms with Gasteiger partial charge in [-0.15, -0.1) is 0 Å². The van der Waals surface area contributed by atoms with Crippen LogP contribution < -0.4 is 4.90 Å². The summed E-state index contributed by atoms with van der Waals surface area (Å²) in [6.07, 6.45) is 2.17. The molecule has 1 aliphatic heterocycles. The zero-order valence-electron chi connectivity index (χ0n) is 10.7. The van der Waals surface area contributed by atoms with Crippen LogP contribution in [0.4, 0.5) is 10.1 Å². The molecule has 2 rings (SSSR count). The fraction of sp³-hybridized carbons (Fsp3) is 0.571. The minimum absolute atomic E-state index is 0.136. The zero-order chi connectivity index (χ0) is 13.0. The maximum atomic E-state index is 13.9. The van der Waals surface area contributed by atoms with Gasteiger partial charge >= 0.3 is 0 Å². The Morgan fingerprint density at radius 2 is 2.33 bits per heavy atom. The van der Waals surface area contributed by atoms with Crippen molar-refractivity contribution >= 4 is 5.69 Å². The highest BCUT2D eigenvalue weighted by molar-refractivity contribution is 5.55. The molecule has 1 fully saturated rings. The smallest absolute Gasteiger partial charge is 0.146 e. The molecule has 1 saturated heterocycles. The minimum Gasteiger partial charge on any atom is -0.392 e. The molecule has 1 unspecified atom stereocenters. The number of benzene rings is 1. The van der Waals surface area contributed by atoms with E-state index >= 15 is 0 Å². The van der Waals surface area contributed by atoms with E-state index in [1.807, 2.05) is 11.8 Å². The second kappa shape index (κ2) is 6.16. The predicted octanol–water partition coefficient (Wildman–Crippen LogP) is 2.32. The maximum Gasteiger partial charge on any atom is 0.146 e. The van der Waals surface area contributed by atoms with Gasteiger partial charge in [-0.1, -0.05) is 12.1 Å². The average molecular weight is 253 g/mol. The Kier molecular flexibility index (Phi) is 4.55. The molecule has 3 nitrogen and oxygen atoms in total. The van der Waals surface area contributed by atoms with E-state index in [0.717, 1.165) is 19.4 Å². The van der Waals surface area contributed by atoms with Gasteiger partial charge in [-0.25, -0.2) is 4.39 Å². The number of para-hydroxylation sites is 1.